The van der Waals surface area contributed by atoms with Crippen molar-refractivity contribution in [2.24, 2.45) is 0 Å². The molecule has 5 aromatic rings. The highest BCUT2D eigenvalue weighted by molar-refractivity contribution is 6.09. The van der Waals surface area contributed by atoms with Crippen molar-refractivity contribution >= 4 is 28.3 Å². The Morgan fingerprint density at radius 1 is 0.947 bits per heavy atom. The van der Waals surface area contributed by atoms with Gasteiger partial charge in [0.15, 0.2) is 17.1 Å². The first-order valence-corrected chi connectivity index (χ1v) is 12.1. The molecule has 0 saturated heterocycles. The molecule has 0 aliphatic heterocycles. The Morgan fingerprint density at radius 2 is 1.71 bits per heavy atom. The molecule has 38 heavy (non-hydrogen) atoms. The molecule has 0 unspecified atom stereocenters. The summed E-state index contributed by atoms with van der Waals surface area (Å²) in [7, 11) is 0. The fourth-order valence-electron chi connectivity index (χ4n) is 4.07. The van der Waals surface area contributed by atoms with Gasteiger partial charge in [-0.1, -0.05) is 72.5 Å². The fraction of sp³-hybridized carbons (Fsp3) is 0.133. The number of ether oxygens (including phenoxy) is 2. The Bertz CT molecular complexity index is 1670. The van der Waals surface area contributed by atoms with Crippen LogP contribution < -0.4 is 10.1 Å². The number of hydrogen-bond donors (Lipinski definition) is 1. The molecule has 2 aromatic heterocycles. The fourth-order valence-corrected chi connectivity index (χ4v) is 4.07. The molecule has 5 rings (SSSR count). The van der Waals surface area contributed by atoms with Crippen LogP contribution in [0.25, 0.3) is 16.4 Å². The number of amides is 1. The molecule has 3 aromatic carbocycles. The number of pyridine rings is 1. The van der Waals surface area contributed by atoms with Crippen molar-refractivity contribution in [3.8, 4) is 17.6 Å². The summed E-state index contributed by atoms with van der Waals surface area (Å²) < 4.78 is 12.7. The van der Waals surface area contributed by atoms with E-state index in [4.69, 9.17) is 9.47 Å². The van der Waals surface area contributed by atoms with Gasteiger partial charge in [0.25, 0.3) is 5.91 Å². The average molecular weight is 505 g/mol. The molecular formula is C30H24N4O4. The van der Waals surface area contributed by atoms with Crippen molar-refractivity contribution < 1.29 is 19.1 Å². The second-order valence-corrected chi connectivity index (χ2v) is 8.28. The predicted octanol–water partition coefficient (Wildman–Crippen LogP) is 4.15. The summed E-state index contributed by atoms with van der Waals surface area (Å²) in [5, 5.41) is 8.31. The lowest BCUT2D eigenvalue weighted by molar-refractivity contribution is -0.141. The third kappa shape index (κ3) is 5.18. The van der Waals surface area contributed by atoms with E-state index in [9.17, 15) is 9.59 Å². The Labute approximate surface area is 219 Å². The maximum absolute atomic E-state index is 13.4. The van der Waals surface area contributed by atoms with Crippen LogP contribution in [0.15, 0.2) is 85.2 Å². The van der Waals surface area contributed by atoms with Crippen molar-refractivity contribution in [3.63, 3.8) is 0 Å². The summed E-state index contributed by atoms with van der Waals surface area (Å²) in [6, 6.07) is 24.9. The van der Waals surface area contributed by atoms with Gasteiger partial charge in [0, 0.05) is 21.9 Å². The maximum atomic E-state index is 13.4. The van der Waals surface area contributed by atoms with Crippen molar-refractivity contribution in [1.82, 2.24) is 19.9 Å². The van der Waals surface area contributed by atoms with Gasteiger partial charge in [0.05, 0.1) is 6.61 Å². The molecule has 0 aliphatic rings. The van der Waals surface area contributed by atoms with Gasteiger partial charge in [-0.05, 0) is 30.7 Å². The van der Waals surface area contributed by atoms with E-state index in [0.717, 1.165) is 11.1 Å². The average Bonchev–Trinajstić information content (AvgIpc) is 3.44. The molecule has 0 spiro atoms. The van der Waals surface area contributed by atoms with Gasteiger partial charge < -0.3 is 14.8 Å². The number of hydrogen-bond acceptors (Lipinski definition) is 6. The minimum absolute atomic E-state index is 0.124. The van der Waals surface area contributed by atoms with Crippen LogP contribution in [-0.2, 0) is 16.1 Å². The molecule has 1 amide bonds. The number of rotatable bonds is 7. The van der Waals surface area contributed by atoms with Gasteiger partial charge in [-0.2, -0.15) is 5.10 Å². The Hall–Kier alpha value is -5.16. The molecule has 8 nitrogen and oxygen atoms in total. The van der Waals surface area contributed by atoms with Crippen molar-refractivity contribution in [2.45, 2.75) is 13.5 Å². The first-order chi connectivity index (χ1) is 18.7. The third-order valence-corrected chi connectivity index (χ3v) is 5.76. The number of nitrogens with one attached hydrogen (secondary N) is 1. The summed E-state index contributed by atoms with van der Waals surface area (Å²) in [4.78, 5) is 29.8. The summed E-state index contributed by atoms with van der Waals surface area (Å²) >= 11 is 0. The van der Waals surface area contributed by atoms with E-state index in [-0.39, 0.29) is 25.5 Å². The van der Waals surface area contributed by atoms with Gasteiger partial charge in [0.2, 0.25) is 0 Å². The van der Waals surface area contributed by atoms with Gasteiger partial charge in [-0.3, -0.25) is 9.59 Å². The van der Waals surface area contributed by atoms with E-state index in [2.05, 4.69) is 27.2 Å². The lowest BCUT2D eigenvalue weighted by Gasteiger charge is -2.16. The van der Waals surface area contributed by atoms with E-state index < -0.39 is 11.9 Å². The lowest BCUT2D eigenvalue weighted by atomic mass is 10.0. The molecule has 0 fully saturated rings. The van der Waals surface area contributed by atoms with E-state index in [0.29, 0.717) is 27.7 Å². The Morgan fingerprint density at radius 3 is 2.47 bits per heavy atom. The zero-order chi connectivity index (χ0) is 26.3. The number of aromatic nitrogens is 3. The minimum atomic E-state index is -0.542. The number of esters is 1. The third-order valence-electron chi connectivity index (χ3n) is 5.76. The number of benzene rings is 3. The quantitative estimate of drug-likeness (QED) is 0.264. The van der Waals surface area contributed by atoms with Crippen LogP contribution in [0.1, 0.15) is 34.1 Å². The van der Waals surface area contributed by atoms with Gasteiger partial charge in [0.1, 0.15) is 19.5 Å². The van der Waals surface area contributed by atoms with Gasteiger partial charge in [-0.25, -0.2) is 9.50 Å². The van der Waals surface area contributed by atoms with Crippen LogP contribution in [0.4, 0.5) is 0 Å². The van der Waals surface area contributed by atoms with Crippen molar-refractivity contribution in [1.29, 1.82) is 0 Å². The highest BCUT2D eigenvalue weighted by atomic mass is 16.5. The first-order valence-electron chi connectivity index (χ1n) is 12.1. The van der Waals surface area contributed by atoms with E-state index in [1.807, 2.05) is 78.9 Å². The molecule has 0 bridgehead atoms. The smallest absolute Gasteiger partial charge is 0.325 e. The molecule has 0 saturated carbocycles. The van der Waals surface area contributed by atoms with Crippen LogP contribution in [0.2, 0.25) is 0 Å². The Balaban J connectivity index is 1.66. The van der Waals surface area contributed by atoms with Crippen molar-refractivity contribution in [2.75, 3.05) is 13.2 Å². The highest BCUT2D eigenvalue weighted by Crippen LogP contribution is 2.35. The number of nitrogens with zero attached hydrogens (tertiary/aromatic N) is 3. The zero-order valence-electron chi connectivity index (χ0n) is 20.7. The summed E-state index contributed by atoms with van der Waals surface area (Å²) in [6.07, 6.45) is 1.37. The zero-order valence-corrected chi connectivity index (χ0v) is 20.7. The summed E-state index contributed by atoms with van der Waals surface area (Å²) in [5.41, 5.74) is 3.09. The monoisotopic (exact) mass is 504 g/mol. The number of fused-ring (bicyclic) bond motifs is 3. The molecule has 0 aliphatic carbocycles. The normalized spacial score (nSPS) is 10.6. The molecule has 8 heteroatoms. The standard InChI is InChI=1S/C30H24N4O4/c1-2-37-25(35)18-31-30(36)27-28(38-19-22-12-7-4-8-13-22)24-15-9-14-23(17-16-21-10-5-3-6-11-21)26(24)29-32-20-33-34(27)29/h3-15,20H,2,18-19H2,1H3,(H,31,36). The van der Waals surface area contributed by atoms with E-state index in [1.54, 1.807) is 6.92 Å². The predicted molar refractivity (Wildman–Crippen MR) is 143 cm³/mol. The van der Waals surface area contributed by atoms with Crippen LogP contribution >= 0.6 is 0 Å². The van der Waals surface area contributed by atoms with Gasteiger partial charge in [-0.15, -0.1) is 0 Å². The molecule has 0 radical (unpaired) electrons. The topological polar surface area (TPSA) is 94.8 Å². The van der Waals surface area contributed by atoms with E-state index in [1.165, 1.54) is 10.8 Å². The highest BCUT2D eigenvalue weighted by Gasteiger charge is 2.25. The molecule has 0 atom stereocenters. The second kappa shape index (κ2) is 11.3. The van der Waals surface area contributed by atoms with E-state index >= 15 is 0 Å². The van der Waals surface area contributed by atoms with Crippen LogP contribution in [0.5, 0.6) is 5.75 Å². The second-order valence-electron chi connectivity index (χ2n) is 8.28. The van der Waals surface area contributed by atoms with Gasteiger partial charge >= 0.3 is 5.97 Å². The number of carbonyl (C=O) groups is 2. The molecule has 1 N–H and O–H groups in total. The Kier molecular flexibility index (Phi) is 7.27. The molecule has 188 valence electrons. The SMILES string of the molecule is CCOC(=O)CNC(=O)c1c(OCc2ccccc2)c2cccc(C#Cc3ccccc3)c2c2ncnn12. The number of carbonyl (C=O) groups excluding carboxylic acids is 2. The maximum Gasteiger partial charge on any atom is 0.325 e. The summed E-state index contributed by atoms with van der Waals surface area (Å²) in [5.74, 6) is 5.66. The van der Waals surface area contributed by atoms with Crippen LogP contribution in [0, 0.1) is 11.8 Å². The molecule has 2 heterocycles. The first kappa shape index (κ1) is 24.5. The van der Waals surface area contributed by atoms with Crippen LogP contribution in [0.3, 0.4) is 0 Å². The molecular weight excluding hydrogens is 480 g/mol. The lowest BCUT2D eigenvalue weighted by Crippen LogP contribution is -2.32. The minimum Gasteiger partial charge on any atom is -0.486 e. The summed E-state index contributed by atoms with van der Waals surface area (Å²) in [6.45, 7) is 1.85. The van der Waals surface area contributed by atoms with Crippen LogP contribution in [-0.4, -0.2) is 39.6 Å². The van der Waals surface area contributed by atoms with Crippen molar-refractivity contribution in [3.05, 3.63) is 108 Å². The largest absolute Gasteiger partial charge is 0.486 e.